The van der Waals surface area contributed by atoms with E-state index in [1.54, 1.807) is 11.5 Å². The molecule has 1 aliphatic rings. The first-order valence-electron chi connectivity index (χ1n) is 12.1. The number of anilines is 1. The van der Waals surface area contributed by atoms with Crippen LogP contribution in [0.25, 0.3) is 31.8 Å². The highest BCUT2D eigenvalue weighted by atomic mass is 32.1. The molecule has 1 saturated heterocycles. The van der Waals surface area contributed by atoms with Gasteiger partial charge in [0.2, 0.25) is 0 Å². The van der Waals surface area contributed by atoms with Crippen LogP contribution in [-0.2, 0) is 6.54 Å². The number of hydrogen-bond donors (Lipinski definition) is 0. The standard InChI is InChI=1S/C28H28N4OS/c33-28-23-11-2-1-9-21(23)22-10-3-5-13-25(22)32(28)16-8-7-15-30-17-19-31(20-18-30)27-24-12-4-6-14-26(24)34-29-27/h1-6,9-14H,7-8,15-20H2. The zero-order valence-corrected chi connectivity index (χ0v) is 20.0. The SMILES string of the molecule is O=c1c2ccccc2c2ccccc2n1CCCCN1CCN(c2nsc3ccccc23)CC1. The Morgan fingerprint density at radius 1 is 0.706 bits per heavy atom. The number of fused-ring (bicyclic) bond motifs is 4. The van der Waals surface area contributed by atoms with Gasteiger partial charge in [-0.2, -0.15) is 4.37 Å². The minimum atomic E-state index is 0.124. The molecule has 0 spiro atoms. The molecule has 6 rings (SSSR count). The second-order valence-corrected chi connectivity index (χ2v) is 9.86. The Morgan fingerprint density at radius 2 is 1.35 bits per heavy atom. The summed E-state index contributed by atoms with van der Waals surface area (Å²) < 4.78 is 7.96. The van der Waals surface area contributed by atoms with Gasteiger partial charge in [0.1, 0.15) is 5.82 Å². The molecule has 0 N–H and O–H groups in total. The lowest BCUT2D eigenvalue weighted by Gasteiger charge is -2.35. The summed E-state index contributed by atoms with van der Waals surface area (Å²) in [5.74, 6) is 1.14. The normalized spacial score (nSPS) is 15.0. The molecule has 0 aliphatic carbocycles. The number of aryl methyl sites for hydroxylation is 1. The number of aromatic nitrogens is 2. The van der Waals surface area contributed by atoms with Crippen LogP contribution >= 0.6 is 11.5 Å². The Morgan fingerprint density at radius 3 is 2.18 bits per heavy atom. The lowest BCUT2D eigenvalue weighted by Crippen LogP contribution is -2.46. The monoisotopic (exact) mass is 468 g/mol. The molecule has 1 aliphatic heterocycles. The van der Waals surface area contributed by atoms with E-state index in [0.29, 0.717) is 0 Å². The Bertz CT molecular complexity index is 1510. The van der Waals surface area contributed by atoms with Gasteiger partial charge < -0.3 is 9.47 Å². The fraction of sp³-hybridized carbons (Fsp3) is 0.286. The van der Waals surface area contributed by atoms with Gasteiger partial charge in [-0.05, 0) is 60.6 Å². The van der Waals surface area contributed by atoms with Gasteiger partial charge in [-0.1, -0.05) is 48.5 Å². The van der Waals surface area contributed by atoms with Crippen molar-refractivity contribution in [2.24, 2.45) is 0 Å². The number of para-hydroxylation sites is 1. The predicted octanol–water partition coefficient (Wildman–Crippen LogP) is 5.37. The second kappa shape index (κ2) is 9.20. The maximum absolute atomic E-state index is 13.2. The van der Waals surface area contributed by atoms with E-state index < -0.39 is 0 Å². The van der Waals surface area contributed by atoms with E-state index in [1.165, 1.54) is 10.1 Å². The Labute approximate surface area is 203 Å². The molecule has 0 unspecified atom stereocenters. The van der Waals surface area contributed by atoms with E-state index in [4.69, 9.17) is 4.37 Å². The lowest BCUT2D eigenvalue weighted by molar-refractivity contribution is 0.251. The maximum Gasteiger partial charge on any atom is 0.258 e. The molecule has 34 heavy (non-hydrogen) atoms. The number of piperazine rings is 1. The van der Waals surface area contributed by atoms with E-state index in [1.807, 2.05) is 28.8 Å². The van der Waals surface area contributed by atoms with Crippen molar-refractivity contribution in [3.05, 3.63) is 83.2 Å². The molecular weight excluding hydrogens is 440 g/mol. The van der Waals surface area contributed by atoms with Crippen LogP contribution in [-0.4, -0.2) is 46.6 Å². The molecule has 2 aromatic heterocycles. The summed E-state index contributed by atoms with van der Waals surface area (Å²) in [5, 5.41) is 4.29. The molecule has 0 bridgehead atoms. The predicted molar refractivity (Wildman–Crippen MR) is 143 cm³/mol. The van der Waals surface area contributed by atoms with Crippen molar-refractivity contribution in [3.63, 3.8) is 0 Å². The van der Waals surface area contributed by atoms with E-state index in [2.05, 4.69) is 58.3 Å². The summed E-state index contributed by atoms with van der Waals surface area (Å²) >= 11 is 1.59. The van der Waals surface area contributed by atoms with Gasteiger partial charge in [0.15, 0.2) is 0 Å². The molecule has 0 atom stereocenters. The topological polar surface area (TPSA) is 41.4 Å². The molecule has 172 valence electrons. The summed E-state index contributed by atoms with van der Waals surface area (Å²) in [6.45, 7) is 5.99. The number of rotatable bonds is 6. The maximum atomic E-state index is 13.2. The van der Waals surface area contributed by atoms with Gasteiger partial charge in [-0.25, -0.2) is 0 Å². The first-order chi connectivity index (χ1) is 16.8. The third-order valence-corrected chi connectivity index (χ3v) is 7.84. The summed E-state index contributed by atoms with van der Waals surface area (Å²) in [6.07, 6.45) is 2.09. The third-order valence-electron chi connectivity index (χ3n) is 7.02. The van der Waals surface area contributed by atoms with Crippen molar-refractivity contribution < 1.29 is 0 Å². The zero-order valence-electron chi connectivity index (χ0n) is 19.2. The van der Waals surface area contributed by atoms with Crippen molar-refractivity contribution in [2.45, 2.75) is 19.4 Å². The van der Waals surface area contributed by atoms with Crippen LogP contribution in [0, 0.1) is 0 Å². The molecule has 0 radical (unpaired) electrons. The van der Waals surface area contributed by atoms with Crippen molar-refractivity contribution in [2.75, 3.05) is 37.6 Å². The molecule has 0 saturated carbocycles. The molecule has 3 heterocycles. The van der Waals surface area contributed by atoms with E-state index in [9.17, 15) is 4.79 Å². The van der Waals surface area contributed by atoms with Crippen LogP contribution in [0.5, 0.6) is 0 Å². The Balaban J connectivity index is 1.08. The van der Waals surface area contributed by atoms with Crippen LogP contribution in [0.15, 0.2) is 77.6 Å². The van der Waals surface area contributed by atoms with Gasteiger partial charge in [-0.3, -0.25) is 9.69 Å². The van der Waals surface area contributed by atoms with Crippen LogP contribution in [0.2, 0.25) is 0 Å². The summed E-state index contributed by atoms with van der Waals surface area (Å²) in [4.78, 5) is 18.2. The van der Waals surface area contributed by atoms with Gasteiger partial charge in [0.25, 0.3) is 5.56 Å². The number of benzene rings is 3. The third kappa shape index (κ3) is 3.87. The fourth-order valence-electron chi connectivity index (χ4n) is 5.21. The molecule has 3 aromatic carbocycles. The summed E-state index contributed by atoms with van der Waals surface area (Å²) in [6, 6.07) is 24.8. The van der Waals surface area contributed by atoms with Gasteiger partial charge in [0.05, 0.1) is 10.2 Å². The average molecular weight is 469 g/mol. The smallest absolute Gasteiger partial charge is 0.258 e. The van der Waals surface area contributed by atoms with Crippen molar-refractivity contribution >= 4 is 49.1 Å². The molecule has 6 heteroatoms. The highest BCUT2D eigenvalue weighted by Gasteiger charge is 2.20. The van der Waals surface area contributed by atoms with Crippen LogP contribution in [0.4, 0.5) is 5.82 Å². The molecular formula is C28H28N4OS. The van der Waals surface area contributed by atoms with Crippen molar-refractivity contribution in [1.82, 2.24) is 13.8 Å². The molecule has 5 aromatic rings. The van der Waals surface area contributed by atoms with Gasteiger partial charge in [-0.15, -0.1) is 0 Å². The van der Waals surface area contributed by atoms with Gasteiger partial charge in [0, 0.05) is 48.9 Å². The molecule has 1 fully saturated rings. The lowest BCUT2D eigenvalue weighted by atomic mass is 10.1. The van der Waals surface area contributed by atoms with Crippen molar-refractivity contribution in [3.8, 4) is 0 Å². The fourth-order valence-corrected chi connectivity index (χ4v) is 6.00. The second-order valence-electron chi connectivity index (χ2n) is 9.06. The largest absolute Gasteiger partial charge is 0.353 e. The number of unbranched alkanes of at least 4 members (excludes halogenated alkanes) is 1. The summed E-state index contributed by atoms with van der Waals surface area (Å²) in [7, 11) is 0. The zero-order chi connectivity index (χ0) is 22.9. The van der Waals surface area contributed by atoms with E-state index >= 15 is 0 Å². The van der Waals surface area contributed by atoms with E-state index in [0.717, 1.165) is 79.6 Å². The average Bonchev–Trinajstić information content (AvgIpc) is 3.33. The van der Waals surface area contributed by atoms with Crippen molar-refractivity contribution in [1.29, 1.82) is 0 Å². The number of nitrogens with zero attached hydrogens (tertiary/aromatic N) is 4. The summed E-state index contributed by atoms with van der Waals surface area (Å²) in [5.41, 5.74) is 1.16. The quantitative estimate of drug-likeness (QED) is 0.248. The number of hydrogen-bond acceptors (Lipinski definition) is 5. The Kier molecular flexibility index (Phi) is 5.77. The minimum absolute atomic E-state index is 0.124. The number of pyridine rings is 1. The Hall–Kier alpha value is -3.22. The van der Waals surface area contributed by atoms with Crippen LogP contribution in [0.1, 0.15) is 12.8 Å². The first-order valence-corrected chi connectivity index (χ1v) is 12.9. The van der Waals surface area contributed by atoms with Crippen LogP contribution < -0.4 is 10.5 Å². The van der Waals surface area contributed by atoms with E-state index in [-0.39, 0.29) is 5.56 Å². The highest BCUT2D eigenvalue weighted by molar-refractivity contribution is 7.13. The highest BCUT2D eigenvalue weighted by Crippen LogP contribution is 2.30. The van der Waals surface area contributed by atoms with Crippen LogP contribution in [0.3, 0.4) is 0 Å². The molecule has 0 amide bonds. The first kappa shape index (κ1) is 21.3. The van der Waals surface area contributed by atoms with Gasteiger partial charge >= 0.3 is 0 Å². The minimum Gasteiger partial charge on any atom is -0.353 e. The molecule has 5 nitrogen and oxygen atoms in total.